The molecule has 8 aromatic carbocycles. The van der Waals surface area contributed by atoms with Crippen molar-refractivity contribution >= 4 is 49.8 Å². The van der Waals surface area contributed by atoms with E-state index < -0.39 is 5.41 Å². The number of halogens is 1. The van der Waals surface area contributed by atoms with Gasteiger partial charge in [0.15, 0.2) is 0 Å². The van der Waals surface area contributed by atoms with Gasteiger partial charge in [-0.1, -0.05) is 127 Å². The van der Waals surface area contributed by atoms with Crippen LogP contribution in [0, 0.1) is 5.82 Å². The van der Waals surface area contributed by atoms with E-state index in [1.165, 1.54) is 0 Å². The van der Waals surface area contributed by atoms with Gasteiger partial charge in [-0.15, -0.1) is 0 Å². The minimum absolute atomic E-state index is 0.248. The normalized spacial score (nSPS) is 13.1. The van der Waals surface area contributed by atoms with E-state index in [1.807, 2.05) is 42.5 Å². The molecule has 3 heteroatoms. The molecule has 0 atom stereocenters. The van der Waals surface area contributed by atoms with Gasteiger partial charge in [0.25, 0.3) is 0 Å². The topological polar surface area (TPSA) is 16.4 Å². The Balaban J connectivity index is 1.34. The fourth-order valence-electron chi connectivity index (χ4n) is 8.34. The largest absolute Gasteiger partial charge is 0.456 e. The first-order valence-electron chi connectivity index (χ1n) is 17.0. The molecule has 10 rings (SSSR count). The second-order valence-electron chi connectivity index (χ2n) is 13.0. The summed E-state index contributed by atoms with van der Waals surface area (Å²) in [6.07, 6.45) is 0. The number of furan rings is 1. The highest BCUT2D eigenvalue weighted by Crippen LogP contribution is 2.59. The summed E-state index contributed by atoms with van der Waals surface area (Å²) in [5.41, 5.74) is 10.4. The molecule has 1 aliphatic rings. The van der Waals surface area contributed by atoms with E-state index in [1.54, 1.807) is 12.1 Å². The van der Waals surface area contributed by atoms with Crippen molar-refractivity contribution in [2.75, 3.05) is 4.90 Å². The molecule has 0 bridgehead atoms. The van der Waals surface area contributed by atoms with Gasteiger partial charge in [-0.2, -0.15) is 0 Å². The van der Waals surface area contributed by atoms with E-state index >= 15 is 4.39 Å². The fraction of sp³-hybridized carbons (Fsp3) is 0.0213. The van der Waals surface area contributed by atoms with Gasteiger partial charge in [0.1, 0.15) is 17.0 Å². The summed E-state index contributed by atoms with van der Waals surface area (Å²) in [4.78, 5) is 2.33. The second-order valence-corrected chi connectivity index (χ2v) is 13.0. The molecule has 0 radical (unpaired) electrons. The maximum absolute atomic E-state index is 15.5. The van der Waals surface area contributed by atoms with Crippen molar-refractivity contribution in [3.8, 4) is 11.1 Å². The summed E-state index contributed by atoms with van der Waals surface area (Å²) in [7, 11) is 0. The third-order valence-electron chi connectivity index (χ3n) is 10.4. The van der Waals surface area contributed by atoms with Crippen LogP contribution in [0.3, 0.4) is 0 Å². The van der Waals surface area contributed by atoms with Crippen LogP contribution >= 0.6 is 0 Å². The predicted molar refractivity (Wildman–Crippen MR) is 203 cm³/mol. The van der Waals surface area contributed by atoms with Crippen LogP contribution in [0.15, 0.2) is 186 Å². The van der Waals surface area contributed by atoms with Crippen molar-refractivity contribution < 1.29 is 8.81 Å². The van der Waals surface area contributed by atoms with Crippen LogP contribution in [0.25, 0.3) is 43.8 Å². The molecule has 9 aromatic rings. The number of hydrogen-bond acceptors (Lipinski definition) is 2. The number of para-hydroxylation sites is 2. The van der Waals surface area contributed by atoms with Crippen molar-refractivity contribution in [2.24, 2.45) is 0 Å². The molecular weight excluding hydrogens is 614 g/mol. The smallest absolute Gasteiger partial charge is 0.137 e. The molecule has 0 N–H and O–H groups in total. The van der Waals surface area contributed by atoms with Crippen LogP contribution in [0.4, 0.5) is 21.5 Å². The van der Waals surface area contributed by atoms with Crippen LogP contribution in [0.1, 0.15) is 22.3 Å². The van der Waals surface area contributed by atoms with Gasteiger partial charge in [0.2, 0.25) is 0 Å². The molecule has 0 unspecified atom stereocenters. The van der Waals surface area contributed by atoms with Gasteiger partial charge in [-0.05, 0) is 87.3 Å². The highest BCUT2D eigenvalue weighted by Gasteiger charge is 2.47. The van der Waals surface area contributed by atoms with Gasteiger partial charge in [0, 0.05) is 33.6 Å². The van der Waals surface area contributed by atoms with Crippen LogP contribution in [0.5, 0.6) is 0 Å². The van der Waals surface area contributed by atoms with E-state index in [0.29, 0.717) is 0 Å². The molecule has 0 amide bonds. The van der Waals surface area contributed by atoms with Gasteiger partial charge < -0.3 is 9.32 Å². The molecule has 0 saturated carbocycles. The molecule has 0 spiro atoms. The maximum atomic E-state index is 15.5. The van der Waals surface area contributed by atoms with E-state index in [2.05, 4.69) is 132 Å². The zero-order valence-corrected chi connectivity index (χ0v) is 27.1. The summed E-state index contributed by atoms with van der Waals surface area (Å²) in [6.45, 7) is 0. The number of nitrogens with zero attached hydrogens (tertiary/aromatic N) is 1. The number of benzene rings is 8. The molecule has 0 fully saturated rings. The minimum Gasteiger partial charge on any atom is -0.456 e. The Morgan fingerprint density at radius 1 is 0.440 bits per heavy atom. The zero-order valence-electron chi connectivity index (χ0n) is 27.1. The number of hydrogen-bond donors (Lipinski definition) is 0. The van der Waals surface area contributed by atoms with Crippen LogP contribution < -0.4 is 4.90 Å². The van der Waals surface area contributed by atoms with Crippen molar-refractivity contribution in [2.45, 2.75) is 5.41 Å². The first-order chi connectivity index (χ1) is 24.7. The summed E-state index contributed by atoms with van der Waals surface area (Å²) in [5.74, 6) is -0.248. The molecule has 1 aliphatic carbocycles. The van der Waals surface area contributed by atoms with E-state index in [4.69, 9.17) is 4.42 Å². The SMILES string of the molecule is Fc1ccc2c(c1)C(c1ccccc1)(c1ccccc1)c1cc(N(c3ccccc3)c3ccc4c(c3)oc3ccccc34)c3ccccc3c1-2. The van der Waals surface area contributed by atoms with Crippen molar-refractivity contribution in [3.05, 3.63) is 210 Å². The fourth-order valence-corrected chi connectivity index (χ4v) is 8.34. The third-order valence-corrected chi connectivity index (χ3v) is 10.4. The monoisotopic (exact) mass is 643 g/mol. The lowest BCUT2D eigenvalue weighted by molar-refractivity contribution is 0.621. The molecule has 50 heavy (non-hydrogen) atoms. The van der Waals surface area contributed by atoms with Crippen molar-refractivity contribution in [1.82, 2.24) is 0 Å². The summed E-state index contributed by atoms with van der Waals surface area (Å²) < 4.78 is 21.9. The molecule has 2 nitrogen and oxygen atoms in total. The lowest BCUT2D eigenvalue weighted by Crippen LogP contribution is -2.29. The van der Waals surface area contributed by atoms with Crippen LogP contribution in [0.2, 0.25) is 0 Å². The van der Waals surface area contributed by atoms with E-state index in [-0.39, 0.29) is 5.82 Å². The Labute approximate surface area is 289 Å². The Hall–Kier alpha value is -6.45. The highest BCUT2D eigenvalue weighted by atomic mass is 19.1. The Morgan fingerprint density at radius 3 is 1.76 bits per heavy atom. The van der Waals surface area contributed by atoms with Crippen molar-refractivity contribution in [1.29, 1.82) is 0 Å². The van der Waals surface area contributed by atoms with Crippen LogP contribution in [-0.2, 0) is 5.41 Å². The van der Waals surface area contributed by atoms with Gasteiger partial charge in [-0.3, -0.25) is 0 Å². The molecule has 0 aliphatic heterocycles. The Bertz CT molecular complexity index is 2680. The average molecular weight is 644 g/mol. The lowest BCUT2D eigenvalue weighted by atomic mass is 9.67. The standard InChI is InChI=1S/C47H30FNO/c48-33-24-26-40-41(28-33)47(31-14-4-1-5-15-31,32-16-6-2-7-17-32)42-30-43(36-20-10-11-22-39(36)46(40)42)49(34-18-8-3-9-19-34)35-25-27-38-37-21-12-13-23-44(37)50-45(38)29-35/h1-30H. The molecule has 1 aromatic heterocycles. The quantitative estimate of drug-likeness (QED) is 0.186. The van der Waals surface area contributed by atoms with E-state index in [9.17, 15) is 0 Å². The van der Waals surface area contributed by atoms with Crippen LogP contribution in [-0.4, -0.2) is 0 Å². The Kier molecular flexibility index (Phi) is 6.31. The minimum atomic E-state index is -0.765. The maximum Gasteiger partial charge on any atom is 0.137 e. The van der Waals surface area contributed by atoms with Crippen molar-refractivity contribution in [3.63, 3.8) is 0 Å². The summed E-state index contributed by atoms with van der Waals surface area (Å²) in [5, 5.41) is 4.41. The van der Waals surface area contributed by atoms with Gasteiger partial charge >= 0.3 is 0 Å². The zero-order chi connectivity index (χ0) is 33.2. The summed E-state index contributed by atoms with van der Waals surface area (Å²) >= 11 is 0. The number of rotatable bonds is 5. The second kappa shape index (κ2) is 11.0. The average Bonchev–Trinajstić information content (AvgIpc) is 3.69. The molecule has 1 heterocycles. The first-order valence-corrected chi connectivity index (χ1v) is 17.0. The molecular formula is C47H30FNO. The summed E-state index contributed by atoms with van der Waals surface area (Å²) in [6, 6.07) is 62.6. The Morgan fingerprint density at radius 2 is 1.04 bits per heavy atom. The third kappa shape index (κ3) is 4.07. The first kappa shape index (κ1) is 28.6. The predicted octanol–water partition coefficient (Wildman–Crippen LogP) is 12.7. The van der Waals surface area contributed by atoms with Gasteiger partial charge in [-0.25, -0.2) is 4.39 Å². The lowest BCUT2D eigenvalue weighted by Gasteiger charge is -2.35. The van der Waals surface area contributed by atoms with E-state index in [0.717, 1.165) is 83.2 Å². The molecule has 236 valence electrons. The highest BCUT2D eigenvalue weighted by molar-refractivity contribution is 6.12. The van der Waals surface area contributed by atoms with Gasteiger partial charge in [0.05, 0.1) is 11.1 Å². The number of fused-ring (bicyclic) bond motifs is 8. The number of anilines is 3. The molecule has 0 saturated heterocycles.